The summed E-state index contributed by atoms with van der Waals surface area (Å²) in [5.41, 5.74) is 7.08. The Bertz CT molecular complexity index is 353. The minimum atomic E-state index is 0.405. The molecule has 1 aromatic carbocycles. The predicted octanol–water partition coefficient (Wildman–Crippen LogP) is 4.43. The van der Waals surface area contributed by atoms with E-state index in [0.29, 0.717) is 6.04 Å². The minimum absolute atomic E-state index is 0.405. The van der Waals surface area contributed by atoms with Crippen molar-refractivity contribution in [3.63, 3.8) is 0 Å². The van der Waals surface area contributed by atoms with Crippen LogP contribution in [0.15, 0.2) is 18.2 Å². The van der Waals surface area contributed by atoms with Gasteiger partial charge in [-0.25, -0.2) is 0 Å². The second kappa shape index (κ2) is 9.95. The van der Waals surface area contributed by atoms with Gasteiger partial charge in [0, 0.05) is 6.04 Å². The summed E-state index contributed by atoms with van der Waals surface area (Å²) in [6.07, 6.45) is 10.3. The Balaban J connectivity index is 2.31. The zero-order valence-electron chi connectivity index (χ0n) is 13.5. The van der Waals surface area contributed by atoms with Crippen LogP contribution < -0.4 is 11.3 Å². The van der Waals surface area contributed by atoms with Gasteiger partial charge in [0.1, 0.15) is 0 Å². The van der Waals surface area contributed by atoms with Gasteiger partial charge in [0.25, 0.3) is 0 Å². The van der Waals surface area contributed by atoms with Gasteiger partial charge in [-0.15, -0.1) is 0 Å². The van der Waals surface area contributed by atoms with E-state index in [-0.39, 0.29) is 0 Å². The fourth-order valence-corrected chi connectivity index (χ4v) is 2.89. The summed E-state index contributed by atoms with van der Waals surface area (Å²) in [6, 6.07) is 7.18. The number of benzene rings is 1. The lowest BCUT2D eigenvalue weighted by molar-refractivity contribution is 0.459. The van der Waals surface area contributed by atoms with Crippen LogP contribution in [0.1, 0.15) is 68.6 Å². The molecule has 0 heterocycles. The van der Waals surface area contributed by atoms with Gasteiger partial charge in [-0.3, -0.25) is 11.3 Å². The Morgan fingerprint density at radius 1 is 0.950 bits per heavy atom. The summed E-state index contributed by atoms with van der Waals surface area (Å²) in [6.45, 7) is 6.59. The van der Waals surface area contributed by atoms with Gasteiger partial charge in [0.05, 0.1) is 0 Å². The molecule has 2 heteroatoms. The minimum Gasteiger partial charge on any atom is -0.271 e. The van der Waals surface area contributed by atoms with Crippen LogP contribution in [0.2, 0.25) is 0 Å². The molecular weight excluding hydrogens is 244 g/mol. The first-order valence-corrected chi connectivity index (χ1v) is 8.19. The maximum atomic E-state index is 5.71. The molecule has 3 N–H and O–H groups in total. The molecule has 1 unspecified atom stereocenters. The van der Waals surface area contributed by atoms with Crippen molar-refractivity contribution in [1.29, 1.82) is 0 Å². The monoisotopic (exact) mass is 276 g/mol. The third kappa shape index (κ3) is 7.06. The summed E-state index contributed by atoms with van der Waals surface area (Å²) in [4.78, 5) is 0. The zero-order valence-corrected chi connectivity index (χ0v) is 13.5. The van der Waals surface area contributed by atoms with Crippen molar-refractivity contribution in [1.82, 2.24) is 5.43 Å². The van der Waals surface area contributed by atoms with Crippen LogP contribution in [0.25, 0.3) is 0 Å². The molecule has 0 saturated heterocycles. The standard InChI is InChI=1S/C18H32N2/c1-4-5-6-7-8-9-10-18(20-19)14-17-12-15(2)11-16(3)13-17/h11-13,18,20H,4-10,14,19H2,1-3H3. The van der Waals surface area contributed by atoms with E-state index in [0.717, 1.165) is 6.42 Å². The number of rotatable bonds is 10. The van der Waals surface area contributed by atoms with E-state index in [1.54, 1.807) is 0 Å². The summed E-state index contributed by atoms with van der Waals surface area (Å²) in [5, 5.41) is 0. The Morgan fingerprint density at radius 3 is 2.15 bits per heavy atom. The average molecular weight is 276 g/mol. The van der Waals surface area contributed by atoms with E-state index >= 15 is 0 Å². The molecule has 0 fully saturated rings. The summed E-state index contributed by atoms with van der Waals surface area (Å²) >= 11 is 0. The van der Waals surface area contributed by atoms with E-state index in [4.69, 9.17) is 5.84 Å². The second-order valence-corrected chi connectivity index (χ2v) is 6.12. The summed E-state index contributed by atoms with van der Waals surface area (Å²) < 4.78 is 0. The highest BCUT2D eigenvalue weighted by Crippen LogP contribution is 2.14. The highest BCUT2D eigenvalue weighted by molar-refractivity contribution is 5.29. The van der Waals surface area contributed by atoms with Crippen molar-refractivity contribution in [2.75, 3.05) is 0 Å². The first kappa shape index (κ1) is 17.2. The molecule has 1 rings (SSSR count). The van der Waals surface area contributed by atoms with Crippen molar-refractivity contribution < 1.29 is 0 Å². The van der Waals surface area contributed by atoms with Crippen LogP contribution in [-0.2, 0) is 6.42 Å². The van der Waals surface area contributed by atoms with Gasteiger partial charge < -0.3 is 0 Å². The molecule has 0 saturated carbocycles. The maximum Gasteiger partial charge on any atom is 0.0250 e. The summed E-state index contributed by atoms with van der Waals surface area (Å²) in [7, 11) is 0. The summed E-state index contributed by atoms with van der Waals surface area (Å²) in [5.74, 6) is 5.71. The van der Waals surface area contributed by atoms with Crippen LogP contribution in [0.4, 0.5) is 0 Å². The lowest BCUT2D eigenvalue weighted by Gasteiger charge is -2.16. The first-order valence-electron chi connectivity index (χ1n) is 8.19. The average Bonchev–Trinajstić information content (AvgIpc) is 2.40. The van der Waals surface area contributed by atoms with Crippen molar-refractivity contribution in [3.8, 4) is 0 Å². The quantitative estimate of drug-likeness (QED) is 0.377. The Morgan fingerprint density at radius 2 is 1.55 bits per heavy atom. The number of nitrogens with two attached hydrogens (primary N) is 1. The van der Waals surface area contributed by atoms with E-state index in [9.17, 15) is 0 Å². The molecule has 2 nitrogen and oxygen atoms in total. The lowest BCUT2D eigenvalue weighted by atomic mass is 9.98. The van der Waals surface area contributed by atoms with Gasteiger partial charge >= 0.3 is 0 Å². The number of hydrogen-bond donors (Lipinski definition) is 2. The van der Waals surface area contributed by atoms with Crippen LogP contribution in [0.3, 0.4) is 0 Å². The van der Waals surface area contributed by atoms with Gasteiger partial charge in [-0.2, -0.15) is 0 Å². The zero-order chi connectivity index (χ0) is 14.8. The lowest BCUT2D eigenvalue weighted by Crippen LogP contribution is -2.36. The fraction of sp³-hybridized carbons (Fsp3) is 0.667. The number of hydrazine groups is 1. The maximum absolute atomic E-state index is 5.71. The van der Waals surface area contributed by atoms with Crippen LogP contribution >= 0.6 is 0 Å². The number of hydrogen-bond acceptors (Lipinski definition) is 2. The van der Waals surface area contributed by atoms with Crippen molar-refractivity contribution in [2.45, 2.75) is 78.2 Å². The van der Waals surface area contributed by atoms with E-state index in [1.807, 2.05) is 0 Å². The van der Waals surface area contributed by atoms with Crippen molar-refractivity contribution >= 4 is 0 Å². The highest BCUT2D eigenvalue weighted by Gasteiger charge is 2.08. The van der Waals surface area contributed by atoms with Gasteiger partial charge in [0.15, 0.2) is 0 Å². The third-order valence-electron chi connectivity index (χ3n) is 3.91. The largest absolute Gasteiger partial charge is 0.271 e. The molecule has 0 aliphatic heterocycles. The van der Waals surface area contributed by atoms with Crippen molar-refractivity contribution in [3.05, 3.63) is 34.9 Å². The smallest absolute Gasteiger partial charge is 0.0250 e. The SMILES string of the molecule is CCCCCCCCC(Cc1cc(C)cc(C)c1)NN. The van der Waals surface area contributed by atoms with E-state index in [2.05, 4.69) is 44.4 Å². The topological polar surface area (TPSA) is 38.0 Å². The first-order chi connectivity index (χ1) is 9.65. The molecular formula is C18H32N2. The molecule has 20 heavy (non-hydrogen) atoms. The molecule has 0 spiro atoms. The van der Waals surface area contributed by atoms with Crippen LogP contribution in [0, 0.1) is 13.8 Å². The molecule has 114 valence electrons. The van der Waals surface area contributed by atoms with Gasteiger partial charge in [-0.1, -0.05) is 74.8 Å². The molecule has 0 bridgehead atoms. The number of nitrogens with one attached hydrogen (secondary N) is 1. The van der Waals surface area contributed by atoms with E-state index in [1.165, 1.54) is 61.6 Å². The highest BCUT2D eigenvalue weighted by atomic mass is 15.2. The Kier molecular flexibility index (Phi) is 8.56. The Labute approximate surface area is 125 Å². The molecule has 1 atom stereocenters. The van der Waals surface area contributed by atoms with E-state index < -0.39 is 0 Å². The molecule has 0 aliphatic rings. The van der Waals surface area contributed by atoms with Crippen LogP contribution in [0.5, 0.6) is 0 Å². The molecule has 1 aromatic rings. The van der Waals surface area contributed by atoms with Gasteiger partial charge in [-0.05, 0) is 32.3 Å². The molecule has 0 radical (unpaired) electrons. The van der Waals surface area contributed by atoms with Crippen LogP contribution in [-0.4, -0.2) is 6.04 Å². The second-order valence-electron chi connectivity index (χ2n) is 6.12. The van der Waals surface area contributed by atoms with Gasteiger partial charge in [0.2, 0.25) is 0 Å². The molecule has 0 aliphatic carbocycles. The predicted molar refractivity (Wildman–Crippen MR) is 88.7 cm³/mol. The number of aryl methyl sites for hydroxylation is 2. The Hall–Kier alpha value is -0.860. The molecule has 0 amide bonds. The normalized spacial score (nSPS) is 12.6. The van der Waals surface area contributed by atoms with Crippen molar-refractivity contribution in [2.24, 2.45) is 5.84 Å². The number of unbranched alkanes of at least 4 members (excludes halogenated alkanes) is 5. The third-order valence-corrected chi connectivity index (χ3v) is 3.91. The molecule has 0 aromatic heterocycles. The fourth-order valence-electron chi connectivity index (χ4n) is 2.89.